The summed E-state index contributed by atoms with van der Waals surface area (Å²) in [5.41, 5.74) is 5.27. The molecule has 3 aromatic rings. The van der Waals surface area contributed by atoms with E-state index in [4.69, 9.17) is 0 Å². The van der Waals surface area contributed by atoms with Crippen molar-refractivity contribution in [2.45, 2.75) is 44.3 Å². The number of fused-ring (bicyclic) bond motifs is 3. The number of alkyl halides is 3. The molecule has 1 saturated heterocycles. The van der Waals surface area contributed by atoms with Gasteiger partial charge in [-0.3, -0.25) is 19.3 Å². The predicted octanol–water partition coefficient (Wildman–Crippen LogP) is 4.62. The first-order valence-corrected chi connectivity index (χ1v) is 11.7. The Hall–Kier alpha value is -2.58. The van der Waals surface area contributed by atoms with Crippen LogP contribution in [0.3, 0.4) is 0 Å². The topological polar surface area (TPSA) is 47.2 Å². The molecule has 2 aliphatic heterocycles. The summed E-state index contributed by atoms with van der Waals surface area (Å²) in [6.45, 7) is 4.13. The van der Waals surface area contributed by atoms with Gasteiger partial charge >= 0.3 is 0 Å². The molecular weight excluding hydrogens is 427 g/mol. The fraction of sp³-hybridized carbons (Fsp3) is 0.480. The van der Waals surface area contributed by atoms with Gasteiger partial charge in [-0.2, -0.15) is 5.10 Å². The average Bonchev–Trinajstić information content (AvgIpc) is 3.25. The molecule has 1 unspecified atom stereocenters. The van der Waals surface area contributed by atoms with Crippen molar-refractivity contribution in [2.24, 2.45) is 0 Å². The van der Waals surface area contributed by atoms with Gasteiger partial charge in [0.1, 0.15) is 0 Å². The van der Waals surface area contributed by atoms with E-state index in [1.54, 1.807) is 0 Å². The molecule has 176 valence electrons. The SMILES string of the molecule is C[C@@H]1Cc2c(ccc3[nH]ncc23)C(c2ccc(NC3CN(CCCF)C3)cc2)N1CC(F)F. The molecule has 0 spiro atoms. The molecule has 1 fully saturated rings. The number of hydrogen-bond donors (Lipinski definition) is 2. The number of aromatic nitrogens is 2. The summed E-state index contributed by atoms with van der Waals surface area (Å²) < 4.78 is 39.4. The first kappa shape index (κ1) is 22.2. The number of nitrogens with one attached hydrogen (secondary N) is 2. The van der Waals surface area contributed by atoms with E-state index in [1.165, 1.54) is 5.56 Å². The van der Waals surface area contributed by atoms with Gasteiger partial charge in [0, 0.05) is 36.7 Å². The number of rotatable bonds is 8. The fourth-order valence-corrected chi connectivity index (χ4v) is 5.36. The van der Waals surface area contributed by atoms with Crippen LogP contribution in [-0.2, 0) is 6.42 Å². The molecule has 5 rings (SSSR count). The molecule has 2 aliphatic rings. The van der Waals surface area contributed by atoms with Crippen LogP contribution in [0.1, 0.15) is 36.1 Å². The van der Waals surface area contributed by atoms with E-state index in [1.807, 2.05) is 48.4 Å². The highest BCUT2D eigenvalue weighted by atomic mass is 19.3. The number of hydrogen-bond acceptors (Lipinski definition) is 4. The molecule has 5 nitrogen and oxygen atoms in total. The Morgan fingerprint density at radius 2 is 1.94 bits per heavy atom. The average molecular weight is 458 g/mol. The highest BCUT2D eigenvalue weighted by Crippen LogP contribution is 2.41. The van der Waals surface area contributed by atoms with Crippen LogP contribution in [-0.4, -0.2) is 71.4 Å². The van der Waals surface area contributed by atoms with Crippen LogP contribution in [0.4, 0.5) is 18.9 Å². The third kappa shape index (κ3) is 4.46. The van der Waals surface area contributed by atoms with Crippen molar-refractivity contribution in [3.05, 3.63) is 59.3 Å². The summed E-state index contributed by atoms with van der Waals surface area (Å²) >= 11 is 0. The number of H-pyrrole nitrogens is 1. The lowest BCUT2D eigenvalue weighted by atomic mass is 9.83. The van der Waals surface area contributed by atoms with E-state index in [0.717, 1.165) is 53.8 Å². The normalized spacial score (nSPS) is 22.0. The van der Waals surface area contributed by atoms with Crippen LogP contribution in [0.2, 0.25) is 0 Å². The summed E-state index contributed by atoms with van der Waals surface area (Å²) in [5.74, 6) is 0. The van der Waals surface area contributed by atoms with Gasteiger partial charge < -0.3 is 5.32 Å². The quantitative estimate of drug-likeness (QED) is 0.518. The Labute approximate surface area is 192 Å². The minimum absolute atomic E-state index is 0.0138. The summed E-state index contributed by atoms with van der Waals surface area (Å²) in [7, 11) is 0. The smallest absolute Gasteiger partial charge is 0.251 e. The van der Waals surface area contributed by atoms with Crippen molar-refractivity contribution >= 4 is 16.6 Å². The van der Waals surface area contributed by atoms with Crippen LogP contribution >= 0.6 is 0 Å². The summed E-state index contributed by atoms with van der Waals surface area (Å²) in [4.78, 5) is 4.17. The van der Waals surface area contributed by atoms with Gasteiger partial charge in [0.25, 0.3) is 6.43 Å². The third-order valence-electron chi connectivity index (χ3n) is 6.98. The van der Waals surface area contributed by atoms with E-state index in [9.17, 15) is 13.2 Å². The Morgan fingerprint density at radius 3 is 2.67 bits per heavy atom. The molecule has 1 aromatic heterocycles. The van der Waals surface area contributed by atoms with E-state index < -0.39 is 6.43 Å². The largest absolute Gasteiger partial charge is 0.380 e. The van der Waals surface area contributed by atoms with Crippen LogP contribution < -0.4 is 5.32 Å². The molecule has 0 radical (unpaired) electrons. The Morgan fingerprint density at radius 1 is 1.15 bits per heavy atom. The fourth-order valence-electron chi connectivity index (χ4n) is 5.36. The Kier molecular flexibility index (Phi) is 6.29. The minimum atomic E-state index is -2.39. The lowest BCUT2D eigenvalue weighted by Crippen LogP contribution is -2.54. The first-order valence-electron chi connectivity index (χ1n) is 11.7. The van der Waals surface area contributed by atoms with E-state index in [2.05, 4.69) is 26.5 Å². The number of benzene rings is 2. The van der Waals surface area contributed by atoms with Crippen LogP contribution in [0.15, 0.2) is 42.6 Å². The molecule has 33 heavy (non-hydrogen) atoms. The molecule has 0 amide bonds. The summed E-state index contributed by atoms with van der Waals surface area (Å²) in [6.07, 6.45) is 0.746. The van der Waals surface area contributed by atoms with Crippen LogP contribution in [0.5, 0.6) is 0 Å². The molecule has 0 bridgehead atoms. The van der Waals surface area contributed by atoms with Crippen molar-refractivity contribution in [3.63, 3.8) is 0 Å². The molecule has 0 aliphatic carbocycles. The second kappa shape index (κ2) is 9.35. The highest BCUT2D eigenvalue weighted by molar-refractivity contribution is 5.83. The summed E-state index contributed by atoms with van der Waals surface area (Å²) in [5, 5.41) is 11.8. The Balaban J connectivity index is 1.39. The van der Waals surface area contributed by atoms with Gasteiger partial charge in [-0.25, -0.2) is 8.78 Å². The van der Waals surface area contributed by atoms with Crippen molar-refractivity contribution in [3.8, 4) is 0 Å². The molecule has 8 heteroatoms. The van der Waals surface area contributed by atoms with Gasteiger partial charge in [-0.1, -0.05) is 18.2 Å². The summed E-state index contributed by atoms with van der Waals surface area (Å²) in [6, 6.07) is 12.3. The van der Waals surface area contributed by atoms with Crippen LogP contribution in [0.25, 0.3) is 10.9 Å². The van der Waals surface area contributed by atoms with E-state index in [-0.39, 0.29) is 25.3 Å². The zero-order valence-electron chi connectivity index (χ0n) is 18.8. The molecule has 2 aromatic carbocycles. The molecule has 2 atom stereocenters. The molecule has 3 heterocycles. The standard InChI is InChI=1S/C25H30F3N5/c1-16-11-21-20(7-8-23-22(21)12-29-31-23)25(33(16)15-24(27)28)17-3-5-18(6-4-17)30-19-13-32(14-19)10-2-9-26/h3-8,12,16,19,24-25,30H,2,9-11,13-15H2,1H3,(H,29,31)/t16-,25?/m1/s1. The first-order chi connectivity index (χ1) is 16.0. The van der Waals surface area contributed by atoms with Crippen molar-refractivity contribution < 1.29 is 13.2 Å². The van der Waals surface area contributed by atoms with Crippen molar-refractivity contribution in [2.75, 3.05) is 38.2 Å². The van der Waals surface area contributed by atoms with Crippen molar-refractivity contribution in [1.29, 1.82) is 0 Å². The van der Waals surface area contributed by atoms with Gasteiger partial charge in [0.05, 0.1) is 37.0 Å². The lowest BCUT2D eigenvalue weighted by Gasteiger charge is -2.42. The molecular formula is C25H30F3N5. The van der Waals surface area contributed by atoms with E-state index in [0.29, 0.717) is 12.5 Å². The maximum Gasteiger partial charge on any atom is 0.251 e. The van der Waals surface area contributed by atoms with Gasteiger partial charge in [0.15, 0.2) is 0 Å². The van der Waals surface area contributed by atoms with Gasteiger partial charge in [-0.05, 0) is 54.7 Å². The van der Waals surface area contributed by atoms with Gasteiger partial charge in [-0.15, -0.1) is 0 Å². The van der Waals surface area contributed by atoms with Gasteiger partial charge in [0.2, 0.25) is 0 Å². The predicted molar refractivity (Wildman–Crippen MR) is 125 cm³/mol. The minimum Gasteiger partial charge on any atom is -0.380 e. The van der Waals surface area contributed by atoms with E-state index >= 15 is 0 Å². The number of aromatic amines is 1. The van der Waals surface area contributed by atoms with Crippen LogP contribution in [0, 0.1) is 0 Å². The number of anilines is 1. The number of halogens is 3. The monoisotopic (exact) mass is 457 g/mol. The molecule has 0 saturated carbocycles. The number of likely N-dealkylation sites (tertiary alicyclic amines) is 1. The zero-order valence-corrected chi connectivity index (χ0v) is 18.8. The second-order valence-electron chi connectivity index (χ2n) is 9.27. The molecule has 2 N–H and O–H groups in total. The maximum atomic E-state index is 13.5. The highest BCUT2D eigenvalue weighted by Gasteiger charge is 2.35. The second-order valence-corrected chi connectivity index (χ2v) is 9.27. The number of nitrogens with zero attached hydrogens (tertiary/aromatic N) is 3. The third-order valence-corrected chi connectivity index (χ3v) is 6.98. The lowest BCUT2D eigenvalue weighted by molar-refractivity contribution is 0.0466. The zero-order chi connectivity index (χ0) is 22.9. The van der Waals surface area contributed by atoms with Crippen molar-refractivity contribution in [1.82, 2.24) is 20.0 Å². The maximum absolute atomic E-state index is 13.5. The Bertz CT molecular complexity index is 1080.